The molecule has 1 rings (SSSR count). The molecule has 0 aliphatic heterocycles. The molecular formula is C13H15N3O2. The molecule has 0 aliphatic carbocycles. The molecule has 1 aromatic rings. The molecule has 5 heteroatoms. The average molecular weight is 245 g/mol. The van der Waals surface area contributed by atoms with Crippen LogP contribution in [0.15, 0.2) is 24.3 Å². The summed E-state index contributed by atoms with van der Waals surface area (Å²) in [6, 6.07) is 8.36. The third-order valence-corrected chi connectivity index (χ3v) is 2.27. The molecule has 0 saturated carbocycles. The van der Waals surface area contributed by atoms with E-state index in [4.69, 9.17) is 5.26 Å². The highest BCUT2D eigenvalue weighted by Gasteiger charge is 2.12. The van der Waals surface area contributed by atoms with Crippen LogP contribution < -0.4 is 10.6 Å². The van der Waals surface area contributed by atoms with Crippen molar-refractivity contribution >= 4 is 17.5 Å². The van der Waals surface area contributed by atoms with E-state index in [0.29, 0.717) is 17.8 Å². The van der Waals surface area contributed by atoms with Gasteiger partial charge in [0, 0.05) is 12.2 Å². The molecule has 0 heterocycles. The number of benzene rings is 1. The van der Waals surface area contributed by atoms with E-state index in [1.54, 1.807) is 18.2 Å². The molecule has 5 nitrogen and oxygen atoms in total. The Morgan fingerprint density at radius 1 is 1.33 bits per heavy atom. The van der Waals surface area contributed by atoms with E-state index in [1.165, 1.54) is 6.07 Å². The van der Waals surface area contributed by atoms with E-state index in [-0.39, 0.29) is 0 Å². The molecule has 2 amide bonds. The van der Waals surface area contributed by atoms with Gasteiger partial charge in [0.1, 0.15) is 0 Å². The Balaban J connectivity index is 2.53. The van der Waals surface area contributed by atoms with Crippen molar-refractivity contribution in [2.75, 3.05) is 11.9 Å². The number of unbranched alkanes of at least 4 members (excludes halogenated alkanes) is 1. The summed E-state index contributed by atoms with van der Waals surface area (Å²) in [7, 11) is 0. The SMILES string of the molecule is CCCCNC(=O)C(=O)Nc1cccc(C#N)c1. The van der Waals surface area contributed by atoms with Gasteiger partial charge in [0.15, 0.2) is 0 Å². The fourth-order valence-electron chi connectivity index (χ4n) is 1.31. The van der Waals surface area contributed by atoms with Crippen molar-refractivity contribution in [2.45, 2.75) is 19.8 Å². The standard InChI is InChI=1S/C13H15N3O2/c1-2-3-7-15-12(17)13(18)16-11-6-4-5-10(8-11)9-14/h4-6,8H,2-3,7H2,1H3,(H,15,17)(H,16,18). The number of nitrogens with zero attached hydrogens (tertiary/aromatic N) is 1. The van der Waals surface area contributed by atoms with Gasteiger partial charge < -0.3 is 10.6 Å². The molecule has 0 bridgehead atoms. The van der Waals surface area contributed by atoms with Gasteiger partial charge in [0.25, 0.3) is 0 Å². The minimum absolute atomic E-state index is 0.430. The zero-order valence-corrected chi connectivity index (χ0v) is 10.2. The van der Waals surface area contributed by atoms with E-state index in [2.05, 4.69) is 10.6 Å². The van der Waals surface area contributed by atoms with Crippen molar-refractivity contribution in [1.29, 1.82) is 5.26 Å². The number of carbonyl (C=O) groups is 2. The minimum atomic E-state index is -0.721. The third kappa shape index (κ3) is 4.26. The number of hydrogen-bond donors (Lipinski definition) is 2. The van der Waals surface area contributed by atoms with Crippen LogP contribution in [0.1, 0.15) is 25.3 Å². The number of anilines is 1. The van der Waals surface area contributed by atoms with Crippen LogP contribution in [-0.4, -0.2) is 18.4 Å². The van der Waals surface area contributed by atoms with Crippen molar-refractivity contribution in [1.82, 2.24) is 5.32 Å². The van der Waals surface area contributed by atoms with Crippen molar-refractivity contribution in [3.8, 4) is 6.07 Å². The van der Waals surface area contributed by atoms with Crippen LogP contribution in [-0.2, 0) is 9.59 Å². The van der Waals surface area contributed by atoms with Crippen LogP contribution in [0.2, 0.25) is 0 Å². The Bertz CT molecular complexity index is 477. The summed E-state index contributed by atoms with van der Waals surface area (Å²) in [6.45, 7) is 2.49. The first-order valence-corrected chi connectivity index (χ1v) is 5.76. The number of nitriles is 1. The number of nitrogens with one attached hydrogen (secondary N) is 2. The summed E-state index contributed by atoms with van der Waals surface area (Å²) < 4.78 is 0. The lowest BCUT2D eigenvalue weighted by Gasteiger charge is -2.06. The highest BCUT2D eigenvalue weighted by atomic mass is 16.2. The molecule has 0 fully saturated rings. The van der Waals surface area contributed by atoms with Gasteiger partial charge >= 0.3 is 11.8 Å². The van der Waals surface area contributed by atoms with Gasteiger partial charge in [-0.1, -0.05) is 19.4 Å². The highest BCUT2D eigenvalue weighted by Crippen LogP contribution is 2.09. The van der Waals surface area contributed by atoms with Gasteiger partial charge in [-0.25, -0.2) is 0 Å². The van der Waals surface area contributed by atoms with Crippen molar-refractivity contribution < 1.29 is 9.59 Å². The maximum Gasteiger partial charge on any atom is 0.313 e. The fourth-order valence-corrected chi connectivity index (χ4v) is 1.31. The van der Waals surface area contributed by atoms with E-state index in [9.17, 15) is 9.59 Å². The topological polar surface area (TPSA) is 82.0 Å². The Hall–Kier alpha value is -2.35. The van der Waals surface area contributed by atoms with Gasteiger partial charge in [-0.3, -0.25) is 9.59 Å². The maximum atomic E-state index is 11.5. The molecule has 2 N–H and O–H groups in total. The first-order valence-electron chi connectivity index (χ1n) is 5.76. The van der Waals surface area contributed by atoms with Crippen molar-refractivity contribution in [3.05, 3.63) is 29.8 Å². The molecule has 0 aromatic heterocycles. The second kappa shape index (κ2) is 7.07. The number of hydrogen-bond acceptors (Lipinski definition) is 3. The quantitative estimate of drug-likeness (QED) is 0.621. The van der Waals surface area contributed by atoms with Gasteiger partial charge in [-0.2, -0.15) is 5.26 Å². The third-order valence-electron chi connectivity index (χ3n) is 2.27. The lowest BCUT2D eigenvalue weighted by atomic mass is 10.2. The molecule has 0 atom stereocenters. The van der Waals surface area contributed by atoms with Crippen LogP contribution in [0, 0.1) is 11.3 Å². The first-order chi connectivity index (χ1) is 8.67. The lowest BCUT2D eigenvalue weighted by molar-refractivity contribution is -0.136. The molecule has 94 valence electrons. The van der Waals surface area contributed by atoms with Crippen molar-refractivity contribution in [3.63, 3.8) is 0 Å². The number of rotatable bonds is 4. The summed E-state index contributed by atoms with van der Waals surface area (Å²) in [6.07, 6.45) is 1.79. The van der Waals surface area contributed by atoms with E-state index in [1.807, 2.05) is 13.0 Å². The molecular weight excluding hydrogens is 230 g/mol. The number of amides is 2. The zero-order valence-electron chi connectivity index (χ0n) is 10.2. The summed E-state index contributed by atoms with van der Waals surface area (Å²) in [5.41, 5.74) is 0.865. The Kier molecular flexibility index (Phi) is 5.39. The van der Waals surface area contributed by atoms with E-state index < -0.39 is 11.8 Å². The van der Waals surface area contributed by atoms with E-state index >= 15 is 0 Å². The summed E-state index contributed by atoms with van der Waals surface area (Å²) in [4.78, 5) is 22.9. The normalized spacial score (nSPS) is 9.33. The average Bonchev–Trinajstić information content (AvgIpc) is 2.39. The Labute approximate surface area is 106 Å². The van der Waals surface area contributed by atoms with Crippen LogP contribution in [0.3, 0.4) is 0 Å². The van der Waals surface area contributed by atoms with Crippen LogP contribution in [0.4, 0.5) is 5.69 Å². The van der Waals surface area contributed by atoms with Gasteiger partial charge in [-0.05, 0) is 24.6 Å². The van der Waals surface area contributed by atoms with Crippen LogP contribution in [0.25, 0.3) is 0 Å². The lowest BCUT2D eigenvalue weighted by Crippen LogP contribution is -2.35. The van der Waals surface area contributed by atoms with E-state index in [0.717, 1.165) is 12.8 Å². The summed E-state index contributed by atoms with van der Waals surface area (Å²) in [5.74, 6) is -1.38. The fraction of sp³-hybridized carbons (Fsp3) is 0.308. The molecule has 0 radical (unpaired) electrons. The second-order valence-corrected chi connectivity index (χ2v) is 3.76. The van der Waals surface area contributed by atoms with Gasteiger partial charge in [0.05, 0.1) is 11.6 Å². The molecule has 0 aliphatic rings. The minimum Gasteiger partial charge on any atom is -0.348 e. The molecule has 0 unspecified atom stereocenters. The predicted octanol–water partition coefficient (Wildman–Crippen LogP) is 1.41. The molecule has 0 spiro atoms. The summed E-state index contributed by atoms with van der Waals surface area (Å²) >= 11 is 0. The Morgan fingerprint density at radius 2 is 2.11 bits per heavy atom. The largest absolute Gasteiger partial charge is 0.348 e. The monoisotopic (exact) mass is 245 g/mol. The molecule has 1 aromatic carbocycles. The maximum absolute atomic E-state index is 11.5. The van der Waals surface area contributed by atoms with Crippen LogP contribution in [0.5, 0.6) is 0 Å². The molecule has 0 saturated heterocycles. The first kappa shape index (κ1) is 13.7. The highest BCUT2D eigenvalue weighted by molar-refractivity contribution is 6.39. The van der Waals surface area contributed by atoms with Gasteiger partial charge in [0.2, 0.25) is 0 Å². The second-order valence-electron chi connectivity index (χ2n) is 3.76. The molecule has 18 heavy (non-hydrogen) atoms. The Morgan fingerprint density at radius 3 is 2.78 bits per heavy atom. The van der Waals surface area contributed by atoms with Gasteiger partial charge in [-0.15, -0.1) is 0 Å². The zero-order chi connectivity index (χ0) is 13.4. The predicted molar refractivity (Wildman–Crippen MR) is 67.7 cm³/mol. The smallest absolute Gasteiger partial charge is 0.313 e. The van der Waals surface area contributed by atoms with Crippen molar-refractivity contribution in [2.24, 2.45) is 0 Å². The van der Waals surface area contributed by atoms with Crippen LogP contribution >= 0.6 is 0 Å². The summed E-state index contributed by atoms with van der Waals surface area (Å²) in [5, 5.41) is 13.7. The number of carbonyl (C=O) groups excluding carboxylic acids is 2.